The molecule has 0 unspecified atom stereocenters. The number of urea groups is 1. The lowest BCUT2D eigenvalue weighted by Gasteiger charge is -2.51. The first kappa shape index (κ1) is 26.2. The van der Waals surface area contributed by atoms with Crippen molar-refractivity contribution < 1.29 is 14.4 Å². The number of amides is 4. The predicted molar refractivity (Wildman–Crippen MR) is 145 cm³/mol. The Labute approximate surface area is 224 Å². The molecule has 3 fully saturated rings. The van der Waals surface area contributed by atoms with E-state index in [0.29, 0.717) is 18.3 Å². The lowest BCUT2D eigenvalue weighted by atomic mass is 9.68. The number of nitrogens with zero attached hydrogens (tertiary/aromatic N) is 4. The van der Waals surface area contributed by atoms with Crippen LogP contribution in [0, 0.1) is 5.92 Å². The van der Waals surface area contributed by atoms with E-state index in [0.717, 1.165) is 32.2 Å². The molecule has 1 aliphatic heterocycles. The van der Waals surface area contributed by atoms with Gasteiger partial charge in [0.05, 0.1) is 11.1 Å². The topological polar surface area (TPSA) is 112 Å². The largest absolute Gasteiger partial charge is 0.366 e. The predicted octanol–water partition coefficient (Wildman–Crippen LogP) is 3.43. The first-order chi connectivity index (χ1) is 18.2. The number of hydrogen-bond donors (Lipinski definition) is 2. The maximum Gasteiger partial charge on any atom is 0.321 e. The molecule has 0 bridgehead atoms. The quantitative estimate of drug-likeness (QED) is 0.556. The zero-order chi connectivity index (χ0) is 26.9. The summed E-state index contributed by atoms with van der Waals surface area (Å²) in [6, 6.07) is 13.7. The van der Waals surface area contributed by atoms with Crippen LogP contribution in [0.4, 0.5) is 10.6 Å². The minimum Gasteiger partial charge on any atom is -0.366 e. The molecule has 9 nitrogen and oxygen atoms in total. The van der Waals surface area contributed by atoms with Gasteiger partial charge in [0, 0.05) is 24.8 Å². The van der Waals surface area contributed by atoms with E-state index in [1.807, 2.05) is 0 Å². The summed E-state index contributed by atoms with van der Waals surface area (Å²) in [6.45, 7) is 1.30. The van der Waals surface area contributed by atoms with Gasteiger partial charge in [-0.15, -0.1) is 0 Å². The summed E-state index contributed by atoms with van der Waals surface area (Å²) in [6.07, 6.45) is 8.59. The van der Waals surface area contributed by atoms with E-state index in [9.17, 15) is 14.4 Å². The van der Waals surface area contributed by atoms with Crippen molar-refractivity contribution in [1.82, 2.24) is 19.7 Å². The van der Waals surface area contributed by atoms with E-state index in [1.165, 1.54) is 37.1 Å². The Bertz CT molecular complexity index is 1170. The number of aromatic nitrogens is 1. The summed E-state index contributed by atoms with van der Waals surface area (Å²) in [4.78, 5) is 48.2. The fraction of sp³-hybridized carbons (Fsp3) is 0.517. The van der Waals surface area contributed by atoms with Crippen molar-refractivity contribution in [3.8, 4) is 0 Å². The molecule has 9 heteroatoms. The van der Waals surface area contributed by atoms with Crippen LogP contribution in [0.5, 0.6) is 0 Å². The van der Waals surface area contributed by atoms with E-state index < -0.39 is 5.91 Å². The van der Waals surface area contributed by atoms with Crippen molar-refractivity contribution >= 4 is 23.7 Å². The molecule has 1 saturated heterocycles. The number of hydrogen-bond acceptors (Lipinski definition) is 5. The number of primary amides is 1. The fourth-order valence-electron chi connectivity index (χ4n) is 6.48. The highest BCUT2D eigenvalue weighted by Gasteiger charge is 2.55. The molecule has 202 valence electrons. The van der Waals surface area contributed by atoms with Crippen molar-refractivity contribution in [3.63, 3.8) is 0 Å². The Hall–Kier alpha value is -3.46. The molecule has 2 heterocycles. The molecular formula is C29H38N6O3. The molecule has 2 saturated carbocycles. The second-order valence-electron chi connectivity index (χ2n) is 11.4. The monoisotopic (exact) mass is 518 g/mol. The van der Waals surface area contributed by atoms with Gasteiger partial charge in [0.25, 0.3) is 0 Å². The van der Waals surface area contributed by atoms with E-state index in [-0.39, 0.29) is 35.1 Å². The van der Waals surface area contributed by atoms with Gasteiger partial charge in [0.15, 0.2) is 0 Å². The molecule has 2 aliphatic carbocycles. The standard InChI is InChI=1S/C29H38N6O3/c1-33(2)29(23-9-4-3-5-10-23)15-13-28(14-16-29)20-34(27(38)35(28)18-21-7-6-8-21)19-25(36)32-24-12-11-22(17-31-24)26(30)37/h3-5,9-12,17,21H,6-8,13-16,18-20H2,1-2H3,(H2,30,37)(H,31,32,36)/t28-,29-. The third kappa shape index (κ3) is 4.87. The summed E-state index contributed by atoms with van der Waals surface area (Å²) < 4.78 is 0. The number of pyridine rings is 1. The smallest absolute Gasteiger partial charge is 0.321 e. The van der Waals surface area contributed by atoms with Crippen LogP contribution >= 0.6 is 0 Å². The zero-order valence-electron chi connectivity index (χ0n) is 22.4. The Morgan fingerprint density at radius 1 is 1.08 bits per heavy atom. The van der Waals surface area contributed by atoms with Gasteiger partial charge in [-0.1, -0.05) is 36.8 Å². The van der Waals surface area contributed by atoms with Crippen LogP contribution in [0.15, 0.2) is 48.7 Å². The van der Waals surface area contributed by atoms with Crippen LogP contribution < -0.4 is 11.1 Å². The highest BCUT2D eigenvalue weighted by Crippen LogP contribution is 2.49. The average molecular weight is 519 g/mol. The summed E-state index contributed by atoms with van der Waals surface area (Å²) in [5, 5.41) is 2.75. The lowest BCUT2D eigenvalue weighted by Crippen LogP contribution is -2.56. The van der Waals surface area contributed by atoms with Gasteiger partial charge in [0.1, 0.15) is 12.4 Å². The normalized spacial score (nSPS) is 25.6. The summed E-state index contributed by atoms with van der Waals surface area (Å²) in [5.74, 6) is -0.00909. The molecule has 38 heavy (non-hydrogen) atoms. The molecule has 0 atom stereocenters. The molecule has 5 rings (SSSR count). The number of rotatable bonds is 8. The molecule has 1 spiro atoms. The minimum atomic E-state index is -0.576. The molecule has 2 aromatic rings. The van der Waals surface area contributed by atoms with Crippen LogP contribution in [-0.2, 0) is 10.3 Å². The lowest BCUT2D eigenvalue weighted by molar-refractivity contribution is -0.116. The fourth-order valence-corrected chi connectivity index (χ4v) is 6.48. The van der Waals surface area contributed by atoms with Gasteiger partial charge in [-0.05, 0) is 76.2 Å². The second kappa shape index (κ2) is 10.4. The Morgan fingerprint density at radius 3 is 2.34 bits per heavy atom. The van der Waals surface area contributed by atoms with E-state index in [2.05, 4.69) is 64.5 Å². The van der Waals surface area contributed by atoms with Crippen LogP contribution in [0.1, 0.15) is 60.9 Å². The zero-order valence-corrected chi connectivity index (χ0v) is 22.4. The number of carbonyl (C=O) groups is 3. The van der Waals surface area contributed by atoms with E-state index in [1.54, 1.807) is 11.0 Å². The molecular weight excluding hydrogens is 480 g/mol. The third-order valence-corrected chi connectivity index (χ3v) is 9.05. The first-order valence-electron chi connectivity index (χ1n) is 13.6. The summed E-state index contributed by atoms with van der Waals surface area (Å²) in [7, 11) is 4.30. The van der Waals surface area contributed by atoms with Crippen molar-refractivity contribution in [2.75, 3.05) is 39.0 Å². The number of anilines is 1. The van der Waals surface area contributed by atoms with Crippen molar-refractivity contribution in [2.45, 2.75) is 56.0 Å². The van der Waals surface area contributed by atoms with Crippen LogP contribution in [0.25, 0.3) is 0 Å². The number of nitrogens with one attached hydrogen (secondary N) is 1. The average Bonchev–Trinajstić information content (AvgIpc) is 3.12. The van der Waals surface area contributed by atoms with Crippen molar-refractivity contribution in [2.24, 2.45) is 11.7 Å². The molecule has 0 radical (unpaired) electrons. The molecule has 3 N–H and O–H groups in total. The van der Waals surface area contributed by atoms with Gasteiger partial charge in [-0.2, -0.15) is 0 Å². The highest BCUT2D eigenvalue weighted by molar-refractivity contribution is 5.95. The summed E-state index contributed by atoms with van der Waals surface area (Å²) >= 11 is 0. The third-order valence-electron chi connectivity index (χ3n) is 9.05. The van der Waals surface area contributed by atoms with E-state index >= 15 is 0 Å². The second-order valence-corrected chi connectivity index (χ2v) is 11.4. The minimum absolute atomic E-state index is 0.0293. The Morgan fingerprint density at radius 2 is 1.79 bits per heavy atom. The molecule has 4 amide bonds. The van der Waals surface area contributed by atoms with Crippen LogP contribution in [-0.4, -0.2) is 76.8 Å². The highest BCUT2D eigenvalue weighted by atomic mass is 16.2. The maximum atomic E-state index is 13.7. The van der Waals surface area contributed by atoms with E-state index in [4.69, 9.17) is 5.73 Å². The maximum absolute atomic E-state index is 13.7. The Balaban J connectivity index is 1.32. The molecule has 3 aliphatic rings. The van der Waals surface area contributed by atoms with Gasteiger partial charge in [-0.3, -0.25) is 14.5 Å². The number of benzene rings is 1. The SMILES string of the molecule is CN(C)[C@]1(c2ccccc2)CC[C@@]2(CC1)CN(CC(=O)Nc1ccc(C(N)=O)cn1)C(=O)N2CC1CCC1. The number of nitrogens with two attached hydrogens (primary N) is 1. The van der Waals surface area contributed by atoms with Gasteiger partial charge < -0.3 is 20.9 Å². The van der Waals surface area contributed by atoms with Crippen LogP contribution in [0.3, 0.4) is 0 Å². The van der Waals surface area contributed by atoms with Crippen molar-refractivity contribution in [1.29, 1.82) is 0 Å². The first-order valence-corrected chi connectivity index (χ1v) is 13.6. The number of carbonyl (C=O) groups excluding carboxylic acids is 3. The van der Waals surface area contributed by atoms with Gasteiger partial charge in [0.2, 0.25) is 11.8 Å². The van der Waals surface area contributed by atoms with Gasteiger partial charge >= 0.3 is 6.03 Å². The van der Waals surface area contributed by atoms with Crippen LogP contribution in [0.2, 0.25) is 0 Å². The van der Waals surface area contributed by atoms with Crippen molar-refractivity contribution in [3.05, 3.63) is 59.8 Å². The Kier molecular flexibility index (Phi) is 7.13. The molecule has 1 aromatic heterocycles. The molecule has 1 aromatic carbocycles. The van der Waals surface area contributed by atoms with Gasteiger partial charge in [-0.25, -0.2) is 9.78 Å². The summed E-state index contributed by atoms with van der Waals surface area (Å²) in [5.41, 5.74) is 6.53.